The zero-order valence-corrected chi connectivity index (χ0v) is 10.9. The molecule has 3 nitrogen and oxygen atoms in total. The number of nitrogens with zero attached hydrogens (tertiary/aromatic N) is 2. The smallest absolute Gasteiger partial charge is 0.195 e. The van der Waals surface area contributed by atoms with Gasteiger partial charge in [-0.1, -0.05) is 11.6 Å². The Kier molecular flexibility index (Phi) is 3.31. The number of hydrogen-bond acceptors (Lipinski definition) is 2. The number of hydrogen-bond donors (Lipinski definition) is 1. The molecule has 1 aromatic carbocycles. The molecule has 6 heteroatoms. The summed E-state index contributed by atoms with van der Waals surface area (Å²) in [6.07, 6.45) is 0. The van der Waals surface area contributed by atoms with Gasteiger partial charge in [-0.05, 0) is 44.3 Å². The van der Waals surface area contributed by atoms with Crippen LogP contribution in [0.25, 0.3) is 11.4 Å². The van der Waals surface area contributed by atoms with Gasteiger partial charge in [-0.15, -0.1) is 0 Å². The number of rotatable bonds is 2. The van der Waals surface area contributed by atoms with Crippen molar-refractivity contribution in [3.8, 4) is 11.4 Å². The van der Waals surface area contributed by atoms with E-state index in [1.807, 2.05) is 18.4 Å². The monoisotopic (exact) mass is 271 g/mol. The lowest BCUT2D eigenvalue weighted by atomic mass is 10.2. The maximum Gasteiger partial charge on any atom is 0.195 e. The van der Waals surface area contributed by atoms with Crippen LogP contribution < -0.4 is 0 Å². The third-order valence-electron chi connectivity index (χ3n) is 2.40. The van der Waals surface area contributed by atoms with E-state index >= 15 is 0 Å². The zero-order valence-electron chi connectivity index (χ0n) is 9.37. The minimum Gasteiger partial charge on any atom is -0.298 e. The number of halogens is 2. The van der Waals surface area contributed by atoms with Crippen molar-refractivity contribution in [2.24, 2.45) is 0 Å². The SMILES string of the molecule is CC(C)n1c(-c2ccc(Cl)c(F)c2)n[nH]c1=S. The lowest BCUT2D eigenvalue weighted by Crippen LogP contribution is -2.03. The molecule has 17 heavy (non-hydrogen) atoms. The highest BCUT2D eigenvalue weighted by molar-refractivity contribution is 7.71. The van der Waals surface area contributed by atoms with Gasteiger partial charge in [0, 0.05) is 11.6 Å². The van der Waals surface area contributed by atoms with Gasteiger partial charge in [0.2, 0.25) is 0 Å². The average molecular weight is 272 g/mol. The molecule has 0 aliphatic heterocycles. The van der Waals surface area contributed by atoms with E-state index in [0.717, 1.165) is 0 Å². The van der Waals surface area contributed by atoms with E-state index in [2.05, 4.69) is 10.2 Å². The lowest BCUT2D eigenvalue weighted by molar-refractivity contribution is 0.595. The Morgan fingerprint density at radius 3 is 2.76 bits per heavy atom. The summed E-state index contributed by atoms with van der Waals surface area (Å²) in [5, 5.41) is 6.92. The van der Waals surface area contributed by atoms with Crippen molar-refractivity contribution in [3.05, 3.63) is 33.8 Å². The van der Waals surface area contributed by atoms with Crippen LogP contribution >= 0.6 is 23.8 Å². The molecule has 1 aromatic heterocycles. The van der Waals surface area contributed by atoms with Gasteiger partial charge < -0.3 is 0 Å². The fourth-order valence-electron chi connectivity index (χ4n) is 1.62. The van der Waals surface area contributed by atoms with Crippen LogP contribution in [0.2, 0.25) is 5.02 Å². The van der Waals surface area contributed by atoms with Crippen LogP contribution in [-0.4, -0.2) is 14.8 Å². The summed E-state index contributed by atoms with van der Waals surface area (Å²) < 4.78 is 15.7. The number of benzene rings is 1. The molecule has 0 bridgehead atoms. The zero-order chi connectivity index (χ0) is 12.6. The standard InChI is InChI=1S/C11H11ClFN3S/c1-6(2)16-10(14-15-11(16)17)7-3-4-8(12)9(13)5-7/h3-6H,1-2H3,(H,15,17). The van der Waals surface area contributed by atoms with Gasteiger partial charge in [0.25, 0.3) is 0 Å². The molecule has 0 radical (unpaired) electrons. The van der Waals surface area contributed by atoms with Crippen LogP contribution in [0.3, 0.4) is 0 Å². The first-order valence-corrected chi connectivity index (χ1v) is 5.91. The van der Waals surface area contributed by atoms with Crippen LogP contribution in [0.1, 0.15) is 19.9 Å². The highest BCUT2D eigenvalue weighted by atomic mass is 35.5. The molecule has 90 valence electrons. The topological polar surface area (TPSA) is 33.6 Å². The van der Waals surface area contributed by atoms with E-state index in [1.54, 1.807) is 6.07 Å². The molecule has 0 amide bonds. The van der Waals surface area contributed by atoms with Crippen molar-refractivity contribution in [3.63, 3.8) is 0 Å². The molecule has 2 aromatic rings. The van der Waals surface area contributed by atoms with Gasteiger partial charge in [0.15, 0.2) is 10.6 Å². The molecular weight excluding hydrogens is 261 g/mol. The quantitative estimate of drug-likeness (QED) is 0.838. The minimum absolute atomic E-state index is 0.0963. The lowest BCUT2D eigenvalue weighted by Gasteiger charge is -2.10. The molecule has 0 spiro atoms. The van der Waals surface area contributed by atoms with Gasteiger partial charge in [-0.25, -0.2) is 4.39 Å². The maximum absolute atomic E-state index is 13.4. The largest absolute Gasteiger partial charge is 0.298 e. The predicted molar refractivity (Wildman–Crippen MR) is 68.2 cm³/mol. The molecule has 0 saturated carbocycles. The minimum atomic E-state index is -0.464. The van der Waals surface area contributed by atoms with Crippen LogP contribution in [0.15, 0.2) is 18.2 Å². The summed E-state index contributed by atoms with van der Waals surface area (Å²) in [6.45, 7) is 3.97. The second-order valence-corrected chi connectivity index (χ2v) is 4.74. The summed E-state index contributed by atoms with van der Waals surface area (Å²) in [5.41, 5.74) is 0.646. The summed E-state index contributed by atoms with van der Waals surface area (Å²) in [5.74, 6) is 0.147. The fourth-order valence-corrected chi connectivity index (χ4v) is 2.08. The second-order valence-electron chi connectivity index (χ2n) is 3.95. The Bertz CT molecular complexity index is 603. The van der Waals surface area contributed by atoms with E-state index in [-0.39, 0.29) is 11.1 Å². The number of aromatic nitrogens is 3. The third-order valence-corrected chi connectivity index (χ3v) is 2.99. The number of aromatic amines is 1. The molecule has 0 unspecified atom stereocenters. The molecule has 0 fully saturated rings. The molecule has 0 aliphatic rings. The first-order chi connectivity index (χ1) is 8.00. The van der Waals surface area contributed by atoms with Gasteiger partial charge in [-0.2, -0.15) is 5.10 Å². The summed E-state index contributed by atoms with van der Waals surface area (Å²) in [6, 6.07) is 4.73. The van der Waals surface area contributed by atoms with E-state index in [0.29, 0.717) is 16.2 Å². The van der Waals surface area contributed by atoms with Crippen molar-refractivity contribution >= 4 is 23.8 Å². The Labute approximate surface area is 108 Å². The van der Waals surface area contributed by atoms with Crippen molar-refractivity contribution in [2.75, 3.05) is 0 Å². The predicted octanol–water partition coefficient (Wildman–Crippen LogP) is 3.98. The highest BCUT2D eigenvalue weighted by Gasteiger charge is 2.12. The summed E-state index contributed by atoms with van der Waals surface area (Å²) in [4.78, 5) is 0. The third kappa shape index (κ3) is 2.25. The van der Waals surface area contributed by atoms with Gasteiger partial charge in [0.1, 0.15) is 5.82 Å². The molecule has 1 heterocycles. The first kappa shape index (κ1) is 12.3. The summed E-state index contributed by atoms with van der Waals surface area (Å²) in [7, 11) is 0. The highest BCUT2D eigenvalue weighted by Crippen LogP contribution is 2.24. The van der Waals surface area contributed by atoms with Crippen molar-refractivity contribution in [1.82, 2.24) is 14.8 Å². The normalized spacial score (nSPS) is 11.1. The summed E-state index contributed by atoms with van der Waals surface area (Å²) >= 11 is 10.8. The van der Waals surface area contributed by atoms with E-state index in [9.17, 15) is 4.39 Å². The maximum atomic E-state index is 13.4. The van der Waals surface area contributed by atoms with Crippen LogP contribution in [0, 0.1) is 10.6 Å². The second kappa shape index (κ2) is 4.58. The van der Waals surface area contributed by atoms with E-state index in [4.69, 9.17) is 23.8 Å². The number of H-pyrrole nitrogens is 1. The van der Waals surface area contributed by atoms with Gasteiger partial charge in [-0.3, -0.25) is 9.67 Å². The molecular formula is C11H11ClFN3S. The Morgan fingerprint density at radius 1 is 1.47 bits per heavy atom. The van der Waals surface area contributed by atoms with Crippen molar-refractivity contribution < 1.29 is 4.39 Å². The average Bonchev–Trinajstić information content (AvgIpc) is 2.64. The Hall–Kier alpha value is -1.20. The van der Waals surface area contributed by atoms with Crippen LogP contribution in [0.5, 0.6) is 0 Å². The molecule has 0 aliphatic carbocycles. The molecule has 0 atom stereocenters. The first-order valence-electron chi connectivity index (χ1n) is 5.13. The van der Waals surface area contributed by atoms with Crippen LogP contribution in [-0.2, 0) is 0 Å². The van der Waals surface area contributed by atoms with Crippen molar-refractivity contribution in [2.45, 2.75) is 19.9 Å². The fraction of sp³-hybridized carbons (Fsp3) is 0.273. The molecule has 1 N–H and O–H groups in total. The van der Waals surface area contributed by atoms with E-state index in [1.165, 1.54) is 12.1 Å². The van der Waals surface area contributed by atoms with E-state index < -0.39 is 5.82 Å². The van der Waals surface area contributed by atoms with Crippen molar-refractivity contribution in [1.29, 1.82) is 0 Å². The van der Waals surface area contributed by atoms with Crippen LogP contribution in [0.4, 0.5) is 4.39 Å². The molecule has 2 rings (SSSR count). The Balaban J connectivity index is 2.61. The number of nitrogens with one attached hydrogen (secondary N) is 1. The van der Waals surface area contributed by atoms with Gasteiger partial charge >= 0.3 is 0 Å². The Morgan fingerprint density at radius 2 is 2.18 bits per heavy atom. The van der Waals surface area contributed by atoms with Gasteiger partial charge in [0.05, 0.1) is 5.02 Å². The molecule has 0 saturated heterocycles.